The lowest BCUT2D eigenvalue weighted by Crippen LogP contribution is -2.33. The van der Waals surface area contributed by atoms with Crippen LogP contribution in [0.5, 0.6) is 5.75 Å². The summed E-state index contributed by atoms with van der Waals surface area (Å²) in [5.74, 6) is 0.627. The Balaban J connectivity index is 2.72. The first kappa shape index (κ1) is 17.3. The van der Waals surface area contributed by atoms with Crippen LogP contribution in [0, 0.1) is 0 Å². The Morgan fingerprint density at radius 3 is 2.57 bits per heavy atom. The molecule has 0 fully saturated rings. The van der Waals surface area contributed by atoms with E-state index < -0.39 is 17.8 Å². The smallest absolute Gasteiger partial charge is 0.431 e. The second kappa shape index (κ2) is 7.85. The molecule has 0 aliphatic rings. The van der Waals surface area contributed by atoms with Crippen molar-refractivity contribution in [3.63, 3.8) is 0 Å². The summed E-state index contributed by atoms with van der Waals surface area (Å²) in [6, 6.07) is 7.27. The Bertz CT molecular complexity index is 456. The lowest BCUT2D eigenvalue weighted by atomic mass is 10.1. The van der Waals surface area contributed by atoms with Crippen molar-refractivity contribution in [1.82, 2.24) is 5.48 Å². The normalized spacial score (nSPS) is 12.6. The quantitative estimate of drug-likeness (QED) is 0.789. The molecule has 1 aromatic rings. The van der Waals surface area contributed by atoms with Crippen molar-refractivity contribution in [2.75, 3.05) is 13.7 Å². The summed E-state index contributed by atoms with van der Waals surface area (Å²) in [6.45, 7) is 5.20. The van der Waals surface area contributed by atoms with E-state index in [0.29, 0.717) is 12.2 Å². The van der Waals surface area contributed by atoms with Crippen molar-refractivity contribution >= 4 is 6.09 Å². The van der Waals surface area contributed by atoms with E-state index in [0.717, 1.165) is 5.56 Å². The average Bonchev–Trinajstić information content (AvgIpc) is 2.41. The predicted octanol–water partition coefficient (Wildman–Crippen LogP) is 2.58. The summed E-state index contributed by atoms with van der Waals surface area (Å²) in [5.41, 5.74) is 2.38. The molecule has 1 atom stereocenters. The van der Waals surface area contributed by atoms with Crippen LogP contribution in [0.3, 0.4) is 0 Å². The topological polar surface area (TPSA) is 77.0 Å². The number of methoxy groups -OCH3 is 1. The van der Waals surface area contributed by atoms with Crippen LogP contribution in [0.2, 0.25) is 0 Å². The molecule has 0 bridgehead atoms. The number of amides is 1. The molecule has 1 amide bonds. The lowest BCUT2D eigenvalue weighted by molar-refractivity contribution is -0.0512. The standard InChI is InChI=1S/C15H23NO5/c1-15(2,3)20-14(18)16-21-13(9-10-17)11-7-5-6-8-12(11)19-4/h5-8,13,17H,9-10H2,1-4H3,(H,16,18). The maximum atomic E-state index is 11.6. The third-order valence-corrected chi connectivity index (χ3v) is 2.56. The van der Waals surface area contributed by atoms with Crippen LogP contribution in [0.25, 0.3) is 0 Å². The number of aliphatic hydroxyl groups excluding tert-OH is 1. The number of carbonyl (C=O) groups is 1. The highest BCUT2D eigenvalue weighted by Crippen LogP contribution is 2.29. The van der Waals surface area contributed by atoms with Gasteiger partial charge in [-0.3, -0.25) is 4.84 Å². The van der Waals surface area contributed by atoms with Crippen molar-refractivity contribution in [3.8, 4) is 5.75 Å². The maximum absolute atomic E-state index is 11.6. The summed E-state index contributed by atoms with van der Waals surface area (Å²) in [7, 11) is 1.55. The van der Waals surface area contributed by atoms with Gasteiger partial charge in [-0.25, -0.2) is 4.79 Å². The van der Waals surface area contributed by atoms with E-state index in [9.17, 15) is 4.79 Å². The minimum atomic E-state index is -0.680. The summed E-state index contributed by atoms with van der Waals surface area (Å²) in [6.07, 6.45) is -0.894. The van der Waals surface area contributed by atoms with Gasteiger partial charge in [-0.1, -0.05) is 18.2 Å². The molecule has 1 rings (SSSR count). The molecular formula is C15H23NO5. The van der Waals surface area contributed by atoms with Gasteiger partial charge in [0.05, 0.1) is 7.11 Å². The van der Waals surface area contributed by atoms with E-state index >= 15 is 0 Å². The highest BCUT2D eigenvalue weighted by Gasteiger charge is 2.20. The molecule has 118 valence electrons. The second-order valence-corrected chi connectivity index (χ2v) is 5.46. The number of rotatable bonds is 6. The molecule has 0 spiro atoms. The Morgan fingerprint density at radius 1 is 1.33 bits per heavy atom. The van der Waals surface area contributed by atoms with Gasteiger partial charge in [-0.05, 0) is 26.8 Å². The largest absolute Gasteiger partial charge is 0.496 e. The molecule has 0 radical (unpaired) electrons. The lowest BCUT2D eigenvalue weighted by Gasteiger charge is -2.22. The van der Waals surface area contributed by atoms with Gasteiger partial charge in [0.25, 0.3) is 0 Å². The number of benzene rings is 1. The molecule has 2 N–H and O–H groups in total. The molecule has 6 nitrogen and oxygen atoms in total. The van der Waals surface area contributed by atoms with E-state index in [2.05, 4.69) is 5.48 Å². The SMILES string of the molecule is COc1ccccc1C(CCO)ONC(=O)OC(C)(C)C. The first-order chi connectivity index (χ1) is 9.87. The predicted molar refractivity (Wildman–Crippen MR) is 77.9 cm³/mol. The molecule has 0 saturated carbocycles. The zero-order valence-corrected chi connectivity index (χ0v) is 12.9. The van der Waals surface area contributed by atoms with Crippen LogP contribution in [-0.4, -0.2) is 30.5 Å². The van der Waals surface area contributed by atoms with Gasteiger partial charge in [0.1, 0.15) is 17.5 Å². The molecule has 21 heavy (non-hydrogen) atoms. The Labute approximate surface area is 125 Å². The minimum absolute atomic E-state index is 0.0846. The summed E-state index contributed by atoms with van der Waals surface area (Å²) < 4.78 is 10.3. The number of hydroxylamine groups is 1. The van der Waals surface area contributed by atoms with Gasteiger partial charge >= 0.3 is 6.09 Å². The summed E-state index contributed by atoms with van der Waals surface area (Å²) in [5, 5.41) is 9.15. The molecule has 1 unspecified atom stereocenters. The molecule has 0 heterocycles. The van der Waals surface area contributed by atoms with Gasteiger partial charge in [0.2, 0.25) is 0 Å². The molecule has 1 aromatic carbocycles. The summed E-state index contributed by atoms with van der Waals surface area (Å²) in [4.78, 5) is 17.0. The molecule has 0 aromatic heterocycles. The zero-order chi connectivity index (χ0) is 15.9. The number of nitrogens with one attached hydrogen (secondary N) is 1. The monoisotopic (exact) mass is 297 g/mol. The number of ether oxygens (including phenoxy) is 2. The van der Waals surface area contributed by atoms with E-state index in [1.165, 1.54) is 0 Å². The number of aliphatic hydroxyl groups is 1. The first-order valence-electron chi connectivity index (χ1n) is 6.76. The molecule has 6 heteroatoms. The third-order valence-electron chi connectivity index (χ3n) is 2.56. The highest BCUT2D eigenvalue weighted by molar-refractivity contribution is 5.66. The molecule has 0 aliphatic heterocycles. The van der Waals surface area contributed by atoms with Crippen molar-refractivity contribution in [2.24, 2.45) is 0 Å². The van der Waals surface area contributed by atoms with Gasteiger partial charge in [0.15, 0.2) is 0 Å². The number of carbonyl (C=O) groups excluding carboxylic acids is 1. The van der Waals surface area contributed by atoms with Crippen molar-refractivity contribution in [1.29, 1.82) is 0 Å². The zero-order valence-electron chi connectivity index (χ0n) is 12.9. The molecular weight excluding hydrogens is 274 g/mol. The first-order valence-corrected chi connectivity index (χ1v) is 6.76. The number of hydrogen-bond donors (Lipinski definition) is 2. The molecule has 0 aliphatic carbocycles. The average molecular weight is 297 g/mol. The van der Waals surface area contributed by atoms with E-state index in [1.807, 2.05) is 18.2 Å². The number of hydrogen-bond acceptors (Lipinski definition) is 5. The van der Waals surface area contributed by atoms with Crippen LogP contribution in [0.15, 0.2) is 24.3 Å². The number of para-hydroxylation sites is 1. The van der Waals surface area contributed by atoms with Gasteiger partial charge in [-0.15, -0.1) is 0 Å². The highest BCUT2D eigenvalue weighted by atomic mass is 16.7. The maximum Gasteiger partial charge on any atom is 0.431 e. The van der Waals surface area contributed by atoms with Gasteiger partial charge in [-0.2, -0.15) is 5.48 Å². The third kappa shape index (κ3) is 6.01. The van der Waals surface area contributed by atoms with E-state index in [-0.39, 0.29) is 6.61 Å². The van der Waals surface area contributed by atoms with Crippen LogP contribution in [0.1, 0.15) is 38.9 Å². The van der Waals surface area contributed by atoms with E-state index in [1.54, 1.807) is 33.9 Å². The van der Waals surface area contributed by atoms with Crippen molar-refractivity contribution in [3.05, 3.63) is 29.8 Å². The minimum Gasteiger partial charge on any atom is -0.496 e. The van der Waals surface area contributed by atoms with Crippen LogP contribution in [-0.2, 0) is 9.57 Å². The fourth-order valence-corrected chi connectivity index (χ4v) is 1.75. The summed E-state index contributed by atoms with van der Waals surface area (Å²) >= 11 is 0. The Hall–Kier alpha value is -1.79. The van der Waals surface area contributed by atoms with Crippen LogP contribution in [0.4, 0.5) is 4.79 Å². The Morgan fingerprint density at radius 2 is 2.00 bits per heavy atom. The van der Waals surface area contributed by atoms with Crippen LogP contribution < -0.4 is 10.2 Å². The fourth-order valence-electron chi connectivity index (χ4n) is 1.75. The van der Waals surface area contributed by atoms with Gasteiger partial charge < -0.3 is 14.6 Å². The van der Waals surface area contributed by atoms with Crippen molar-refractivity contribution < 1.29 is 24.2 Å². The fraction of sp³-hybridized carbons (Fsp3) is 0.533. The molecule has 0 saturated heterocycles. The van der Waals surface area contributed by atoms with E-state index in [4.69, 9.17) is 19.4 Å². The van der Waals surface area contributed by atoms with Gasteiger partial charge in [0, 0.05) is 18.6 Å². The van der Waals surface area contributed by atoms with Crippen molar-refractivity contribution in [2.45, 2.75) is 38.9 Å². The Kier molecular flexibility index (Phi) is 6.45. The second-order valence-electron chi connectivity index (χ2n) is 5.46. The van der Waals surface area contributed by atoms with Crippen LogP contribution >= 0.6 is 0 Å².